The summed E-state index contributed by atoms with van der Waals surface area (Å²) in [6.07, 6.45) is 0. The zero-order valence-corrected chi connectivity index (χ0v) is 17.1. The van der Waals surface area contributed by atoms with Crippen molar-refractivity contribution in [3.8, 4) is 11.5 Å². The summed E-state index contributed by atoms with van der Waals surface area (Å²) >= 11 is 1.56. The topological polar surface area (TPSA) is 81.9 Å². The van der Waals surface area contributed by atoms with Crippen molar-refractivity contribution in [3.05, 3.63) is 53.7 Å². The lowest BCUT2D eigenvalue weighted by atomic mass is 10.2. The fourth-order valence-corrected chi connectivity index (χ4v) is 6.66. The van der Waals surface area contributed by atoms with E-state index in [1.54, 1.807) is 44.2 Å². The molecule has 148 valence electrons. The molecule has 1 aliphatic rings. The van der Waals surface area contributed by atoms with E-state index >= 15 is 0 Å². The Labute approximate surface area is 167 Å². The van der Waals surface area contributed by atoms with Crippen molar-refractivity contribution in [1.29, 1.82) is 0 Å². The molecule has 0 amide bonds. The van der Waals surface area contributed by atoms with Gasteiger partial charge in [0.1, 0.15) is 22.9 Å². The van der Waals surface area contributed by atoms with Gasteiger partial charge in [-0.25, -0.2) is 8.42 Å². The molecule has 0 radical (unpaired) electrons. The fraction of sp³-hybridized carbons (Fsp3) is 0.316. The number of benzene rings is 2. The third-order valence-electron chi connectivity index (χ3n) is 4.68. The van der Waals surface area contributed by atoms with Gasteiger partial charge in [0.05, 0.1) is 19.6 Å². The van der Waals surface area contributed by atoms with E-state index in [4.69, 9.17) is 14.0 Å². The molecule has 9 heteroatoms. The Morgan fingerprint density at radius 1 is 1.21 bits per heavy atom. The van der Waals surface area contributed by atoms with Gasteiger partial charge < -0.3 is 14.0 Å². The van der Waals surface area contributed by atoms with Crippen LogP contribution in [0.4, 0.5) is 0 Å². The third-order valence-corrected chi connectivity index (χ3v) is 7.80. The standard InChI is InChI=1S/C19H20N2O5S2/c1-24-13-7-8-17(25-2)15(11-13)19-21(9-10-27-19)28(22,23)12-16-14-5-3-4-6-18(14)26-20-16/h3-8,11,19H,9-10,12H2,1-2H3. The molecule has 3 aromatic rings. The van der Waals surface area contributed by atoms with Crippen LogP contribution in [-0.4, -0.2) is 44.4 Å². The maximum absolute atomic E-state index is 13.2. The monoisotopic (exact) mass is 420 g/mol. The summed E-state index contributed by atoms with van der Waals surface area (Å²) in [6, 6.07) is 12.7. The van der Waals surface area contributed by atoms with Gasteiger partial charge in [-0.15, -0.1) is 11.8 Å². The Bertz CT molecular complexity index is 1100. The van der Waals surface area contributed by atoms with E-state index in [0.717, 1.165) is 5.56 Å². The summed E-state index contributed by atoms with van der Waals surface area (Å²) in [5.74, 6) is 1.77. The van der Waals surface area contributed by atoms with Gasteiger partial charge in [-0.2, -0.15) is 4.31 Å². The maximum atomic E-state index is 13.2. The summed E-state index contributed by atoms with van der Waals surface area (Å²) in [5.41, 5.74) is 1.77. The largest absolute Gasteiger partial charge is 0.497 e. The van der Waals surface area contributed by atoms with E-state index in [-0.39, 0.29) is 11.1 Å². The molecule has 0 aliphatic carbocycles. The van der Waals surface area contributed by atoms with Gasteiger partial charge in [-0.3, -0.25) is 0 Å². The SMILES string of the molecule is COc1ccc(OC)c(C2SCCN2S(=O)(=O)Cc2noc3ccccc23)c1. The predicted octanol–water partition coefficient (Wildman–Crippen LogP) is 3.42. The van der Waals surface area contributed by atoms with Crippen LogP contribution in [0.5, 0.6) is 11.5 Å². The van der Waals surface area contributed by atoms with Gasteiger partial charge in [-0.05, 0) is 30.3 Å². The van der Waals surface area contributed by atoms with Gasteiger partial charge in [0, 0.05) is 23.2 Å². The van der Waals surface area contributed by atoms with Crippen LogP contribution in [0, 0.1) is 0 Å². The van der Waals surface area contributed by atoms with E-state index in [1.165, 1.54) is 4.31 Å². The molecular formula is C19H20N2O5S2. The molecule has 0 bridgehead atoms. The normalized spacial score (nSPS) is 17.9. The van der Waals surface area contributed by atoms with Crippen molar-refractivity contribution in [2.75, 3.05) is 26.5 Å². The number of hydrogen-bond donors (Lipinski definition) is 0. The number of nitrogens with zero attached hydrogens (tertiary/aromatic N) is 2. The smallest absolute Gasteiger partial charge is 0.221 e. The van der Waals surface area contributed by atoms with E-state index in [1.807, 2.05) is 24.3 Å². The molecule has 2 heterocycles. The van der Waals surface area contributed by atoms with Crippen LogP contribution < -0.4 is 9.47 Å². The first kappa shape index (κ1) is 19.1. The Balaban J connectivity index is 1.68. The second-order valence-electron chi connectivity index (χ2n) is 6.32. The number of aromatic nitrogens is 1. The van der Waals surface area contributed by atoms with E-state index in [0.29, 0.717) is 40.5 Å². The highest BCUT2D eigenvalue weighted by molar-refractivity contribution is 8.00. The van der Waals surface area contributed by atoms with Gasteiger partial charge in [0.2, 0.25) is 10.0 Å². The third kappa shape index (κ3) is 3.45. The van der Waals surface area contributed by atoms with Crippen LogP contribution in [0.2, 0.25) is 0 Å². The Kier molecular flexibility index (Phi) is 5.22. The lowest BCUT2D eigenvalue weighted by Crippen LogP contribution is -2.32. The van der Waals surface area contributed by atoms with Crippen LogP contribution in [0.25, 0.3) is 11.0 Å². The molecule has 1 fully saturated rings. The minimum Gasteiger partial charge on any atom is -0.497 e. The van der Waals surface area contributed by atoms with Crippen molar-refractivity contribution in [1.82, 2.24) is 9.46 Å². The molecule has 0 N–H and O–H groups in total. The fourth-order valence-electron chi connectivity index (χ4n) is 3.31. The van der Waals surface area contributed by atoms with Crippen molar-refractivity contribution >= 4 is 32.8 Å². The molecule has 1 atom stereocenters. The van der Waals surface area contributed by atoms with Crippen LogP contribution in [0.15, 0.2) is 47.0 Å². The molecule has 1 aromatic heterocycles. The first-order valence-electron chi connectivity index (χ1n) is 8.70. The second kappa shape index (κ2) is 7.65. The number of ether oxygens (including phenoxy) is 2. The highest BCUT2D eigenvalue weighted by atomic mass is 32.2. The summed E-state index contributed by atoms with van der Waals surface area (Å²) in [6.45, 7) is 0.424. The molecule has 1 aliphatic heterocycles. The molecule has 2 aromatic carbocycles. The van der Waals surface area contributed by atoms with E-state index < -0.39 is 10.0 Å². The van der Waals surface area contributed by atoms with Crippen LogP contribution >= 0.6 is 11.8 Å². The first-order valence-corrected chi connectivity index (χ1v) is 11.4. The van der Waals surface area contributed by atoms with Gasteiger partial charge in [0.25, 0.3) is 0 Å². The molecular weight excluding hydrogens is 400 g/mol. The van der Waals surface area contributed by atoms with Crippen molar-refractivity contribution in [3.63, 3.8) is 0 Å². The summed E-state index contributed by atoms with van der Waals surface area (Å²) in [5, 5.41) is 4.31. The van der Waals surface area contributed by atoms with Crippen LogP contribution in [0.1, 0.15) is 16.6 Å². The molecule has 4 rings (SSSR count). The Morgan fingerprint density at radius 3 is 2.82 bits per heavy atom. The van der Waals surface area contributed by atoms with Crippen molar-refractivity contribution < 1.29 is 22.4 Å². The predicted molar refractivity (Wildman–Crippen MR) is 108 cm³/mol. The van der Waals surface area contributed by atoms with E-state index in [2.05, 4.69) is 5.16 Å². The molecule has 28 heavy (non-hydrogen) atoms. The Morgan fingerprint density at radius 2 is 2.04 bits per heavy atom. The number of para-hydroxylation sites is 1. The molecule has 0 saturated carbocycles. The lowest BCUT2D eigenvalue weighted by molar-refractivity contribution is 0.382. The van der Waals surface area contributed by atoms with Crippen molar-refractivity contribution in [2.45, 2.75) is 11.1 Å². The molecule has 7 nitrogen and oxygen atoms in total. The highest BCUT2D eigenvalue weighted by Crippen LogP contribution is 2.45. The summed E-state index contributed by atoms with van der Waals surface area (Å²) in [4.78, 5) is 0. The van der Waals surface area contributed by atoms with Crippen molar-refractivity contribution in [2.24, 2.45) is 0 Å². The minimum absolute atomic E-state index is 0.215. The minimum atomic E-state index is -3.62. The molecule has 0 spiro atoms. The maximum Gasteiger partial charge on any atom is 0.221 e. The number of sulfonamides is 1. The number of thioether (sulfide) groups is 1. The second-order valence-corrected chi connectivity index (χ2v) is 9.43. The summed E-state index contributed by atoms with van der Waals surface area (Å²) < 4.78 is 44.0. The zero-order chi connectivity index (χ0) is 19.7. The van der Waals surface area contributed by atoms with Crippen LogP contribution in [-0.2, 0) is 15.8 Å². The molecule has 1 unspecified atom stereocenters. The highest BCUT2D eigenvalue weighted by Gasteiger charge is 2.38. The number of hydrogen-bond acceptors (Lipinski definition) is 7. The number of fused-ring (bicyclic) bond motifs is 1. The number of rotatable bonds is 6. The zero-order valence-electron chi connectivity index (χ0n) is 15.5. The summed E-state index contributed by atoms with van der Waals surface area (Å²) in [7, 11) is -0.467. The van der Waals surface area contributed by atoms with Crippen LogP contribution in [0.3, 0.4) is 0 Å². The van der Waals surface area contributed by atoms with Gasteiger partial charge in [-0.1, -0.05) is 17.3 Å². The lowest BCUT2D eigenvalue weighted by Gasteiger charge is -2.25. The quantitative estimate of drug-likeness (QED) is 0.604. The van der Waals surface area contributed by atoms with Gasteiger partial charge in [0.15, 0.2) is 5.58 Å². The Hall–Kier alpha value is -2.23. The number of methoxy groups -OCH3 is 2. The first-order chi connectivity index (χ1) is 13.5. The van der Waals surface area contributed by atoms with Gasteiger partial charge >= 0.3 is 0 Å². The average molecular weight is 421 g/mol. The molecule has 1 saturated heterocycles. The van der Waals surface area contributed by atoms with E-state index in [9.17, 15) is 8.42 Å². The average Bonchev–Trinajstić information content (AvgIpc) is 3.35.